The molecule has 0 aromatic heterocycles. The van der Waals surface area contributed by atoms with Crippen molar-refractivity contribution in [3.05, 3.63) is 35.6 Å². The molecule has 1 saturated heterocycles. The number of amides is 2. The van der Waals surface area contributed by atoms with Gasteiger partial charge in [-0.2, -0.15) is 0 Å². The molecule has 1 aromatic carbocycles. The fourth-order valence-electron chi connectivity index (χ4n) is 3.77. The Kier molecular flexibility index (Phi) is 6.57. The van der Waals surface area contributed by atoms with Crippen LogP contribution >= 0.6 is 11.8 Å². The molecular weight excluding hydrogens is 351 g/mol. The topological polar surface area (TPSA) is 58.2 Å². The van der Waals surface area contributed by atoms with Crippen molar-refractivity contribution in [3.63, 3.8) is 0 Å². The average molecular weight is 379 g/mol. The van der Waals surface area contributed by atoms with Crippen molar-refractivity contribution in [1.82, 2.24) is 10.6 Å². The highest BCUT2D eigenvalue weighted by atomic mass is 32.2. The molecule has 2 fully saturated rings. The summed E-state index contributed by atoms with van der Waals surface area (Å²) in [6.07, 6.45) is 5.93. The highest BCUT2D eigenvalue weighted by Crippen LogP contribution is 2.27. The van der Waals surface area contributed by atoms with Gasteiger partial charge in [0.15, 0.2) is 0 Å². The summed E-state index contributed by atoms with van der Waals surface area (Å²) in [6.45, 7) is 2.22. The van der Waals surface area contributed by atoms with Crippen LogP contribution in [0.5, 0.6) is 0 Å². The Labute approximate surface area is 158 Å². The number of carbonyl (C=O) groups excluding carboxylic acids is 2. The van der Waals surface area contributed by atoms with Crippen LogP contribution in [0.4, 0.5) is 4.39 Å². The number of hydrogen-bond acceptors (Lipinski definition) is 3. The maximum Gasteiger partial charge on any atom is 0.243 e. The third-order valence-corrected chi connectivity index (χ3v) is 6.83. The SMILES string of the molecule is CCC1CCC(NC(=O)C2CSC(Cc3ccccc3F)C(=O)N2)CC1. The van der Waals surface area contributed by atoms with Crippen LogP contribution in [-0.4, -0.2) is 34.9 Å². The van der Waals surface area contributed by atoms with Crippen LogP contribution in [0, 0.1) is 11.7 Å². The largest absolute Gasteiger partial charge is 0.352 e. The van der Waals surface area contributed by atoms with Crippen molar-refractivity contribution in [1.29, 1.82) is 0 Å². The van der Waals surface area contributed by atoms with Crippen molar-refractivity contribution < 1.29 is 14.0 Å². The summed E-state index contributed by atoms with van der Waals surface area (Å²) >= 11 is 1.44. The molecule has 1 aliphatic heterocycles. The molecule has 4 nitrogen and oxygen atoms in total. The first-order valence-electron chi connectivity index (χ1n) is 9.52. The van der Waals surface area contributed by atoms with E-state index in [1.165, 1.54) is 24.2 Å². The molecule has 2 aliphatic rings. The van der Waals surface area contributed by atoms with Gasteiger partial charge in [-0.15, -0.1) is 11.8 Å². The summed E-state index contributed by atoms with van der Waals surface area (Å²) in [6, 6.07) is 6.25. The second kappa shape index (κ2) is 8.89. The number of hydrogen-bond donors (Lipinski definition) is 2. The first-order valence-corrected chi connectivity index (χ1v) is 10.6. The van der Waals surface area contributed by atoms with Crippen molar-refractivity contribution in [2.24, 2.45) is 5.92 Å². The van der Waals surface area contributed by atoms with E-state index in [1.54, 1.807) is 18.2 Å². The second-order valence-corrected chi connectivity index (χ2v) is 8.55. The minimum atomic E-state index is -0.492. The molecule has 26 heavy (non-hydrogen) atoms. The summed E-state index contributed by atoms with van der Waals surface area (Å²) in [5, 5.41) is 5.57. The highest BCUT2D eigenvalue weighted by molar-refractivity contribution is 8.00. The molecule has 0 spiro atoms. The minimum absolute atomic E-state index is 0.0878. The Balaban J connectivity index is 1.48. The van der Waals surface area contributed by atoms with Gasteiger partial charge in [0.25, 0.3) is 0 Å². The summed E-state index contributed by atoms with van der Waals surface area (Å²) in [4.78, 5) is 24.8. The molecule has 1 aromatic rings. The lowest BCUT2D eigenvalue weighted by atomic mass is 9.84. The van der Waals surface area contributed by atoms with Crippen molar-refractivity contribution in [2.45, 2.75) is 62.8 Å². The first kappa shape index (κ1) is 19.2. The van der Waals surface area contributed by atoms with Gasteiger partial charge in [0, 0.05) is 11.8 Å². The van der Waals surface area contributed by atoms with Crippen molar-refractivity contribution in [2.75, 3.05) is 5.75 Å². The maximum atomic E-state index is 13.8. The Hall–Kier alpha value is -1.56. The molecule has 1 aliphatic carbocycles. The molecule has 2 unspecified atom stereocenters. The number of halogens is 1. The van der Waals surface area contributed by atoms with E-state index in [2.05, 4.69) is 17.6 Å². The molecule has 142 valence electrons. The standard InChI is InChI=1S/C20H27FN2O2S/c1-2-13-7-9-15(10-8-13)22-19(24)17-12-26-18(20(25)23-17)11-14-5-3-4-6-16(14)21/h3-6,13,15,17-18H,2,7-12H2,1H3,(H,22,24)(H,23,25). The van der Waals surface area contributed by atoms with E-state index < -0.39 is 6.04 Å². The van der Waals surface area contributed by atoms with Crippen LogP contribution in [0.2, 0.25) is 0 Å². The van der Waals surface area contributed by atoms with Gasteiger partial charge in [-0.05, 0) is 49.7 Å². The Morgan fingerprint density at radius 3 is 2.65 bits per heavy atom. The molecule has 2 N–H and O–H groups in total. The predicted molar refractivity (Wildman–Crippen MR) is 102 cm³/mol. The molecule has 3 rings (SSSR count). The number of benzene rings is 1. The van der Waals surface area contributed by atoms with Crippen LogP contribution < -0.4 is 10.6 Å². The number of rotatable bonds is 5. The summed E-state index contributed by atoms with van der Waals surface area (Å²) in [7, 11) is 0. The molecule has 2 amide bonds. The van der Waals surface area contributed by atoms with E-state index in [-0.39, 0.29) is 28.9 Å². The molecule has 1 heterocycles. The third-order valence-electron chi connectivity index (χ3n) is 5.52. The zero-order valence-electron chi connectivity index (χ0n) is 15.2. The van der Waals surface area contributed by atoms with Gasteiger partial charge in [-0.3, -0.25) is 9.59 Å². The fraction of sp³-hybridized carbons (Fsp3) is 0.600. The van der Waals surface area contributed by atoms with E-state index in [0.29, 0.717) is 17.7 Å². The summed E-state index contributed by atoms with van der Waals surface area (Å²) in [5.41, 5.74) is 0.538. The van der Waals surface area contributed by atoms with Gasteiger partial charge in [0.2, 0.25) is 11.8 Å². The number of nitrogens with one attached hydrogen (secondary N) is 2. The summed E-state index contributed by atoms with van der Waals surface area (Å²) in [5.74, 6) is 0.756. The highest BCUT2D eigenvalue weighted by Gasteiger charge is 2.34. The lowest BCUT2D eigenvalue weighted by Gasteiger charge is -2.32. The average Bonchev–Trinajstić information content (AvgIpc) is 2.65. The maximum absolute atomic E-state index is 13.8. The van der Waals surface area contributed by atoms with E-state index in [0.717, 1.165) is 31.6 Å². The Bertz CT molecular complexity index is 646. The van der Waals surface area contributed by atoms with Crippen LogP contribution in [0.15, 0.2) is 24.3 Å². The third kappa shape index (κ3) is 4.78. The molecule has 1 saturated carbocycles. The normalized spacial score (nSPS) is 29.1. The van der Waals surface area contributed by atoms with Crippen LogP contribution in [0.1, 0.15) is 44.6 Å². The van der Waals surface area contributed by atoms with Crippen molar-refractivity contribution >= 4 is 23.6 Å². The minimum Gasteiger partial charge on any atom is -0.352 e. The number of thioether (sulfide) groups is 1. The second-order valence-electron chi connectivity index (χ2n) is 7.31. The molecule has 6 heteroatoms. The number of carbonyl (C=O) groups is 2. The summed E-state index contributed by atoms with van der Waals surface area (Å²) < 4.78 is 13.8. The Morgan fingerprint density at radius 1 is 1.27 bits per heavy atom. The smallest absolute Gasteiger partial charge is 0.243 e. The van der Waals surface area contributed by atoms with E-state index in [1.807, 2.05) is 0 Å². The predicted octanol–water partition coefficient (Wildman–Crippen LogP) is 3.05. The first-order chi connectivity index (χ1) is 12.6. The lowest BCUT2D eigenvalue weighted by molar-refractivity contribution is -0.129. The van der Waals surface area contributed by atoms with Gasteiger partial charge in [0.05, 0.1) is 5.25 Å². The fourth-order valence-corrected chi connectivity index (χ4v) is 4.94. The van der Waals surface area contributed by atoms with E-state index in [9.17, 15) is 14.0 Å². The molecule has 2 atom stereocenters. The van der Waals surface area contributed by atoms with Gasteiger partial charge in [-0.1, -0.05) is 31.5 Å². The van der Waals surface area contributed by atoms with Crippen LogP contribution in [0.3, 0.4) is 0 Å². The lowest BCUT2D eigenvalue weighted by Crippen LogP contribution is -2.56. The van der Waals surface area contributed by atoms with E-state index >= 15 is 0 Å². The van der Waals surface area contributed by atoms with E-state index in [4.69, 9.17) is 0 Å². The molecular formula is C20H27FN2O2S. The zero-order valence-corrected chi connectivity index (χ0v) is 16.0. The molecule has 0 bridgehead atoms. The van der Waals surface area contributed by atoms with Gasteiger partial charge in [-0.25, -0.2) is 4.39 Å². The van der Waals surface area contributed by atoms with Gasteiger partial charge < -0.3 is 10.6 Å². The quantitative estimate of drug-likeness (QED) is 0.828. The Morgan fingerprint density at radius 2 is 2.00 bits per heavy atom. The van der Waals surface area contributed by atoms with Gasteiger partial charge in [0.1, 0.15) is 11.9 Å². The zero-order chi connectivity index (χ0) is 18.5. The van der Waals surface area contributed by atoms with Crippen LogP contribution in [0.25, 0.3) is 0 Å². The van der Waals surface area contributed by atoms with Crippen LogP contribution in [-0.2, 0) is 16.0 Å². The molecule has 0 radical (unpaired) electrons. The van der Waals surface area contributed by atoms with Crippen molar-refractivity contribution in [3.8, 4) is 0 Å². The van der Waals surface area contributed by atoms with Gasteiger partial charge >= 0.3 is 0 Å². The monoisotopic (exact) mass is 378 g/mol.